The Morgan fingerprint density at radius 1 is 1.36 bits per heavy atom. The third-order valence-electron chi connectivity index (χ3n) is 2.35. The van der Waals surface area contributed by atoms with E-state index in [1.54, 1.807) is 0 Å². The van der Waals surface area contributed by atoms with E-state index in [1.807, 2.05) is 0 Å². The monoisotopic (exact) mass is 318 g/mol. The second kappa shape index (κ2) is 4.64. The van der Waals surface area contributed by atoms with Gasteiger partial charge in [0.05, 0.1) is 0 Å². The van der Waals surface area contributed by atoms with Gasteiger partial charge in [0.15, 0.2) is 0 Å². The zero-order chi connectivity index (χ0) is 9.97. The standard InChI is InChI=1S/C10H12Br2N2/c11-7-1-2-10(9(12)5-7)14-8-3-4-13-6-8/h1-2,5,8,13-14H,3-4,6H2. The number of rotatable bonds is 2. The van der Waals surface area contributed by atoms with Gasteiger partial charge in [-0.2, -0.15) is 0 Å². The molecule has 1 fully saturated rings. The van der Waals surface area contributed by atoms with Gasteiger partial charge in [0.2, 0.25) is 0 Å². The summed E-state index contributed by atoms with van der Waals surface area (Å²) in [5.74, 6) is 0. The van der Waals surface area contributed by atoms with E-state index in [-0.39, 0.29) is 0 Å². The number of halogens is 2. The van der Waals surface area contributed by atoms with Crippen LogP contribution < -0.4 is 10.6 Å². The first kappa shape index (κ1) is 10.5. The van der Waals surface area contributed by atoms with Crippen molar-refractivity contribution in [1.82, 2.24) is 5.32 Å². The van der Waals surface area contributed by atoms with Crippen LogP contribution in [0.15, 0.2) is 27.1 Å². The van der Waals surface area contributed by atoms with E-state index in [4.69, 9.17) is 0 Å². The summed E-state index contributed by atoms with van der Waals surface area (Å²) in [4.78, 5) is 0. The normalized spacial score (nSPS) is 21.1. The second-order valence-electron chi connectivity index (χ2n) is 3.46. The molecule has 1 unspecified atom stereocenters. The van der Waals surface area contributed by atoms with Gasteiger partial charge in [-0.05, 0) is 47.1 Å². The first-order valence-corrected chi connectivity index (χ1v) is 6.26. The van der Waals surface area contributed by atoms with Crippen LogP contribution in [0.4, 0.5) is 5.69 Å². The highest BCUT2D eigenvalue weighted by Crippen LogP contribution is 2.27. The van der Waals surface area contributed by atoms with Crippen LogP contribution in [-0.2, 0) is 0 Å². The molecule has 1 atom stereocenters. The highest BCUT2D eigenvalue weighted by molar-refractivity contribution is 9.11. The van der Waals surface area contributed by atoms with Crippen molar-refractivity contribution in [3.8, 4) is 0 Å². The summed E-state index contributed by atoms with van der Waals surface area (Å²) in [6.45, 7) is 2.17. The van der Waals surface area contributed by atoms with Crippen LogP contribution in [0.1, 0.15) is 6.42 Å². The fourth-order valence-electron chi connectivity index (χ4n) is 1.60. The molecule has 1 aliphatic heterocycles. The molecule has 0 spiro atoms. The van der Waals surface area contributed by atoms with Gasteiger partial charge < -0.3 is 10.6 Å². The van der Waals surface area contributed by atoms with Crippen LogP contribution >= 0.6 is 31.9 Å². The number of hydrogen-bond donors (Lipinski definition) is 2. The number of hydrogen-bond acceptors (Lipinski definition) is 2. The molecule has 76 valence electrons. The summed E-state index contributed by atoms with van der Waals surface area (Å²) in [5, 5.41) is 6.84. The molecule has 2 rings (SSSR count). The Balaban J connectivity index is 2.08. The Labute approximate surface area is 101 Å². The predicted octanol–water partition coefficient (Wildman–Crippen LogP) is 2.99. The van der Waals surface area contributed by atoms with E-state index in [0.29, 0.717) is 6.04 Å². The average molecular weight is 320 g/mol. The Bertz CT molecular complexity index is 322. The number of nitrogens with one attached hydrogen (secondary N) is 2. The van der Waals surface area contributed by atoms with Gasteiger partial charge in [0, 0.05) is 27.2 Å². The first-order valence-electron chi connectivity index (χ1n) is 4.68. The van der Waals surface area contributed by atoms with Gasteiger partial charge >= 0.3 is 0 Å². The Hall–Kier alpha value is -0.0600. The minimum absolute atomic E-state index is 0.562. The summed E-state index contributed by atoms with van der Waals surface area (Å²) < 4.78 is 2.21. The molecule has 1 aliphatic rings. The van der Waals surface area contributed by atoms with Gasteiger partial charge in [-0.3, -0.25) is 0 Å². The van der Waals surface area contributed by atoms with Crippen molar-refractivity contribution < 1.29 is 0 Å². The van der Waals surface area contributed by atoms with Gasteiger partial charge in [0.1, 0.15) is 0 Å². The molecular weight excluding hydrogens is 308 g/mol. The van der Waals surface area contributed by atoms with Gasteiger partial charge in [-0.15, -0.1) is 0 Å². The lowest BCUT2D eigenvalue weighted by Gasteiger charge is -2.14. The smallest absolute Gasteiger partial charge is 0.0488 e. The van der Waals surface area contributed by atoms with Crippen molar-refractivity contribution in [3.05, 3.63) is 27.1 Å². The highest BCUT2D eigenvalue weighted by atomic mass is 79.9. The van der Waals surface area contributed by atoms with Crippen LogP contribution in [0.2, 0.25) is 0 Å². The van der Waals surface area contributed by atoms with E-state index >= 15 is 0 Å². The molecule has 14 heavy (non-hydrogen) atoms. The van der Waals surface area contributed by atoms with E-state index < -0.39 is 0 Å². The van der Waals surface area contributed by atoms with E-state index in [0.717, 1.165) is 22.0 Å². The lowest BCUT2D eigenvalue weighted by molar-refractivity contribution is 0.793. The summed E-state index contributed by atoms with van der Waals surface area (Å²) in [5.41, 5.74) is 1.17. The average Bonchev–Trinajstić information content (AvgIpc) is 2.62. The minimum Gasteiger partial charge on any atom is -0.380 e. The third kappa shape index (κ3) is 2.49. The third-order valence-corrected chi connectivity index (χ3v) is 3.50. The topological polar surface area (TPSA) is 24.1 Å². The molecular formula is C10H12Br2N2. The summed E-state index contributed by atoms with van der Waals surface area (Å²) in [7, 11) is 0. The summed E-state index contributed by atoms with van der Waals surface area (Å²) in [6.07, 6.45) is 1.20. The summed E-state index contributed by atoms with van der Waals surface area (Å²) >= 11 is 6.98. The molecule has 2 nitrogen and oxygen atoms in total. The van der Waals surface area contributed by atoms with Crippen LogP contribution in [-0.4, -0.2) is 19.1 Å². The largest absolute Gasteiger partial charge is 0.380 e. The molecule has 1 heterocycles. The quantitative estimate of drug-likeness (QED) is 0.875. The minimum atomic E-state index is 0.562. The molecule has 0 aromatic heterocycles. The fraction of sp³-hybridized carbons (Fsp3) is 0.400. The fourth-order valence-corrected chi connectivity index (χ4v) is 2.77. The molecule has 1 aromatic rings. The highest BCUT2D eigenvalue weighted by Gasteiger charge is 2.14. The summed E-state index contributed by atoms with van der Waals surface area (Å²) in [6, 6.07) is 6.76. The maximum atomic E-state index is 3.54. The van der Waals surface area contributed by atoms with Crippen molar-refractivity contribution >= 4 is 37.5 Å². The lowest BCUT2D eigenvalue weighted by atomic mass is 10.2. The molecule has 2 N–H and O–H groups in total. The number of anilines is 1. The van der Waals surface area contributed by atoms with Crippen LogP contribution in [0.5, 0.6) is 0 Å². The SMILES string of the molecule is Brc1ccc(NC2CCNC2)c(Br)c1. The second-order valence-corrected chi connectivity index (χ2v) is 5.23. The van der Waals surface area contributed by atoms with E-state index in [9.17, 15) is 0 Å². The molecule has 0 radical (unpaired) electrons. The van der Waals surface area contributed by atoms with Crippen molar-refractivity contribution in [2.24, 2.45) is 0 Å². The van der Waals surface area contributed by atoms with E-state index in [2.05, 4.69) is 60.7 Å². The van der Waals surface area contributed by atoms with E-state index in [1.165, 1.54) is 12.1 Å². The van der Waals surface area contributed by atoms with Gasteiger partial charge in [0.25, 0.3) is 0 Å². The van der Waals surface area contributed by atoms with Crippen LogP contribution in [0.25, 0.3) is 0 Å². The van der Waals surface area contributed by atoms with Crippen molar-refractivity contribution in [2.45, 2.75) is 12.5 Å². The molecule has 0 aliphatic carbocycles. The molecule has 1 aromatic carbocycles. The molecule has 1 saturated heterocycles. The molecule has 0 bridgehead atoms. The van der Waals surface area contributed by atoms with Gasteiger partial charge in [-0.25, -0.2) is 0 Å². The Kier molecular flexibility index (Phi) is 3.47. The Morgan fingerprint density at radius 2 is 2.21 bits per heavy atom. The zero-order valence-corrected chi connectivity index (χ0v) is 10.9. The van der Waals surface area contributed by atoms with Crippen LogP contribution in [0, 0.1) is 0 Å². The zero-order valence-electron chi connectivity index (χ0n) is 7.69. The number of benzene rings is 1. The molecule has 0 saturated carbocycles. The maximum absolute atomic E-state index is 3.54. The molecule has 4 heteroatoms. The maximum Gasteiger partial charge on any atom is 0.0488 e. The van der Waals surface area contributed by atoms with Crippen molar-refractivity contribution in [2.75, 3.05) is 18.4 Å². The predicted molar refractivity (Wildman–Crippen MR) is 66.7 cm³/mol. The lowest BCUT2D eigenvalue weighted by Crippen LogP contribution is -2.22. The Morgan fingerprint density at radius 3 is 2.86 bits per heavy atom. The van der Waals surface area contributed by atoms with Crippen molar-refractivity contribution in [3.63, 3.8) is 0 Å². The van der Waals surface area contributed by atoms with Gasteiger partial charge in [-0.1, -0.05) is 15.9 Å². The first-order chi connectivity index (χ1) is 6.75. The van der Waals surface area contributed by atoms with Crippen molar-refractivity contribution in [1.29, 1.82) is 0 Å². The molecule has 0 amide bonds. The van der Waals surface area contributed by atoms with Crippen LogP contribution in [0.3, 0.4) is 0 Å².